The number of ether oxygens (including phenoxy) is 1. The molecule has 1 fully saturated rings. The Balaban J connectivity index is 1.88. The van der Waals surface area contributed by atoms with E-state index in [2.05, 4.69) is 5.32 Å². The molecule has 0 aliphatic carbocycles. The molecule has 0 aromatic heterocycles. The van der Waals surface area contributed by atoms with Crippen LogP contribution in [0, 0.1) is 0 Å². The van der Waals surface area contributed by atoms with Crippen molar-refractivity contribution in [3.63, 3.8) is 0 Å². The lowest BCUT2D eigenvalue weighted by atomic mass is 10.2. The quantitative estimate of drug-likeness (QED) is 0.853. The van der Waals surface area contributed by atoms with E-state index in [-0.39, 0.29) is 22.9 Å². The van der Waals surface area contributed by atoms with Gasteiger partial charge < -0.3 is 10.1 Å². The van der Waals surface area contributed by atoms with Crippen molar-refractivity contribution in [2.24, 2.45) is 0 Å². The van der Waals surface area contributed by atoms with E-state index in [0.717, 1.165) is 0 Å². The van der Waals surface area contributed by atoms with Crippen LogP contribution in [0.15, 0.2) is 18.2 Å². The van der Waals surface area contributed by atoms with E-state index in [9.17, 15) is 13.2 Å². The molecule has 0 saturated carbocycles. The summed E-state index contributed by atoms with van der Waals surface area (Å²) in [6.07, 6.45) is 0. The summed E-state index contributed by atoms with van der Waals surface area (Å²) in [5, 5.41) is 3.20. The second kappa shape index (κ2) is 7.61. The van der Waals surface area contributed by atoms with Gasteiger partial charge in [0, 0.05) is 24.7 Å². The van der Waals surface area contributed by atoms with Crippen molar-refractivity contribution in [3.8, 4) is 0 Å². The van der Waals surface area contributed by atoms with E-state index in [1.807, 2.05) is 0 Å². The first-order valence-corrected chi connectivity index (χ1v) is 9.05. The fourth-order valence-corrected chi connectivity index (χ4v) is 3.83. The molecule has 1 heterocycles. The fraction of sp³-hybridized carbons (Fsp3) is 0.462. The molecule has 1 aromatic rings. The lowest BCUT2D eigenvalue weighted by molar-refractivity contribution is 0.0730. The highest BCUT2D eigenvalue weighted by molar-refractivity contribution is 7.89. The number of hydrogen-bond acceptors (Lipinski definition) is 4. The van der Waals surface area contributed by atoms with E-state index >= 15 is 0 Å². The Morgan fingerprint density at radius 3 is 2.59 bits per heavy atom. The first kappa shape index (κ1) is 17.5. The van der Waals surface area contributed by atoms with Crippen molar-refractivity contribution in [2.75, 3.05) is 38.6 Å². The highest BCUT2D eigenvalue weighted by Gasteiger charge is 2.24. The van der Waals surface area contributed by atoms with E-state index < -0.39 is 15.9 Å². The number of rotatable bonds is 5. The van der Waals surface area contributed by atoms with Crippen LogP contribution in [0.25, 0.3) is 0 Å². The van der Waals surface area contributed by atoms with Gasteiger partial charge in [0.15, 0.2) is 0 Å². The maximum atomic E-state index is 12.1. The molecule has 1 aliphatic rings. The van der Waals surface area contributed by atoms with Gasteiger partial charge in [-0.1, -0.05) is 23.2 Å². The maximum absolute atomic E-state index is 12.1. The minimum atomic E-state index is -3.39. The molecule has 9 heteroatoms. The van der Waals surface area contributed by atoms with E-state index in [0.29, 0.717) is 31.3 Å². The first-order valence-electron chi connectivity index (χ1n) is 6.69. The highest BCUT2D eigenvalue weighted by atomic mass is 35.5. The van der Waals surface area contributed by atoms with Crippen LogP contribution in [0.4, 0.5) is 0 Å². The Morgan fingerprint density at radius 2 is 1.95 bits per heavy atom. The molecule has 22 heavy (non-hydrogen) atoms. The number of amides is 1. The monoisotopic (exact) mass is 366 g/mol. The third-order valence-corrected chi connectivity index (χ3v) is 5.60. The van der Waals surface area contributed by atoms with Crippen molar-refractivity contribution >= 4 is 39.1 Å². The molecule has 0 spiro atoms. The van der Waals surface area contributed by atoms with Crippen LogP contribution in [0.3, 0.4) is 0 Å². The predicted molar refractivity (Wildman–Crippen MR) is 85.0 cm³/mol. The van der Waals surface area contributed by atoms with Gasteiger partial charge >= 0.3 is 0 Å². The van der Waals surface area contributed by atoms with E-state index in [1.54, 1.807) is 6.07 Å². The van der Waals surface area contributed by atoms with Crippen LogP contribution >= 0.6 is 23.2 Å². The lowest BCUT2D eigenvalue weighted by Crippen LogP contribution is -2.43. The van der Waals surface area contributed by atoms with Crippen LogP contribution < -0.4 is 5.32 Å². The normalized spacial score (nSPS) is 16.5. The van der Waals surface area contributed by atoms with Crippen molar-refractivity contribution in [2.45, 2.75) is 0 Å². The molecule has 6 nitrogen and oxygen atoms in total. The number of benzene rings is 1. The van der Waals surface area contributed by atoms with Gasteiger partial charge in [-0.05, 0) is 18.2 Å². The number of nitrogens with zero attached hydrogens (tertiary/aromatic N) is 1. The number of sulfonamides is 1. The minimum absolute atomic E-state index is 0.0114. The predicted octanol–water partition coefficient (Wildman–Crippen LogP) is 1.39. The van der Waals surface area contributed by atoms with Crippen LogP contribution in [0.1, 0.15) is 10.4 Å². The minimum Gasteiger partial charge on any atom is -0.379 e. The molecule has 0 unspecified atom stereocenters. The van der Waals surface area contributed by atoms with E-state index in [1.165, 1.54) is 16.4 Å². The zero-order valence-corrected chi connectivity index (χ0v) is 14.0. The number of carbonyl (C=O) groups is 1. The summed E-state index contributed by atoms with van der Waals surface area (Å²) in [4.78, 5) is 12.0. The van der Waals surface area contributed by atoms with Gasteiger partial charge in [-0.25, -0.2) is 8.42 Å². The largest absolute Gasteiger partial charge is 0.379 e. The van der Waals surface area contributed by atoms with Crippen molar-refractivity contribution in [1.29, 1.82) is 0 Å². The molecule has 2 rings (SSSR count). The van der Waals surface area contributed by atoms with Gasteiger partial charge in [-0.15, -0.1) is 0 Å². The van der Waals surface area contributed by atoms with Crippen LogP contribution in [0.5, 0.6) is 0 Å². The summed E-state index contributed by atoms with van der Waals surface area (Å²) in [6.45, 7) is 1.49. The van der Waals surface area contributed by atoms with Gasteiger partial charge in [0.1, 0.15) is 0 Å². The summed E-state index contributed by atoms with van der Waals surface area (Å²) in [5.74, 6) is -0.594. The SMILES string of the molecule is O=C(NCCS(=O)(=O)N1CCOCC1)c1ccc(Cl)cc1Cl. The van der Waals surface area contributed by atoms with Gasteiger partial charge in [0.25, 0.3) is 5.91 Å². The molecule has 0 atom stereocenters. The molecule has 0 bridgehead atoms. The van der Waals surface area contributed by atoms with Crippen molar-refractivity contribution in [3.05, 3.63) is 33.8 Å². The average Bonchev–Trinajstić information content (AvgIpc) is 2.47. The summed E-state index contributed by atoms with van der Waals surface area (Å²) in [6, 6.07) is 4.51. The summed E-state index contributed by atoms with van der Waals surface area (Å²) in [5.41, 5.74) is 0.259. The topological polar surface area (TPSA) is 75.7 Å². The summed E-state index contributed by atoms with van der Waals surface area (Å²) in [7, 11) is -3.39. The number of morpholine rings is 1. The van der Waals surface area contributed by atoms with Crippen LogP contribution in [-0.2, 0) is 14.8 Å². The molecular weight excluding hydrogens is 351 g/mol. The Labute approximate surface area is 139 Å². The van der Waals surface area contributed by atoms with Gasteiger partial charge in [0.2, 0.25) is 10.0 Å². The number of nitrogens with one attached hydrogen (secondary N) is 1. The number of carbonyl (C=O) groups excluding carboxylic acids is 1. The average molecular weight is 367 g/mol. The highest BCUT2D eigenvalue weighted by Crippen LogP contribution is 2.20. The zero-order valence-electron chi connectivity index (χ0n) is 11.7. The smallest absolute Gasteiger partial charge is 0.252 e. The molecule has 1 saturated heterocycles. The Kier molecular flexibility index (Phi) is 6.05. The van der Waals surface area contributed by atoms with Crippen LogP contribution in [0.2, 0.25) is 10.0 Å². The number of hydrogen-bond donors (Lipinski definition) is 1. The van der Waals surface area contributed by atoms with Crippen LogP contribution in [-0.4, -0.2) is 57.2 Å². The lowest BCUT2D eigenvalue weighted by Gasteiger charge is -2.26. The molecule has 1 N–H and O–H groups in total. The second-order valence-corrected chi connectivity index (χ2v) is 7.64. The Hall–Kier alpha value is -0.860. The van der Waals surface area contributed by atoms with Gasteiger partial charge in [0.05, 0.1) is 29.6 Å². The molecule has 1 amide bonds. The third-order valence-electron chi connectivity index (χ3n) is 3.18. The summed E-state index contributed by atoms with van der Waals surface area (Å²) >= 11 is 11.7. The number of halogens is 2. The Morgan fingerprint density at radius 1 is 1.27 bits per heavy atom. The Bertz CT molecular complexity index is 645. The zero-order chi connectivity index (χ0) is 16.2. The summed E-state index contributed by atoms with van der Waals surface area (Å²) < 4.78 is 30.7. The molecule has 1 aromatic carbocycles. The van der Waals surface area contributed by atoms with Gasteiger partial charge in [-0.2, -0.15) is 4.31 Å². The molecule has 1 aliphatic heterocycles. The third kappa shape index (κ3) is 4.57. The fourth-order valence-electron chi connectivity index (χ4n) is 2.02. The van der Waals surface area contributed by atoms with Crippen molar-refractivity contribution < 1.29 is 17.9 Å². The molecular formula is C13H16Cl2N2O4S. The molecule has 122 valence electrons. The standard InChI is InChI=1S/C13H16Cl2N2O4S/c14-10-1-2-11(12(15)9-10)13(18)16-3-8-22(19,20)17-4-6-21-7-5-17/h1-2,9H,3-8H2,(H,16,18). The first-order chi connectivity index (χ1) is 10.4. The second-order valence-electron chi connectivity index (χ2n) is 4.71. The van der Waals surface area contributed by atoms with Crippen molar-refractivity contribution in [1.82, 2.24) is 9.62 Å². The molecule has 0 radical (unpaired) electrons. The van der Waals surface area contributed by atoms with Gasteiger partial charge in [-0.3, -0.25) is 4.79 Å². The maximum Gasteiger partial charge on any atom is 0.252 e. The van der Waals surface area contributed by atoms with E-state index in [4.69, 9.17) is 27.9 Å².